The van der Waals surface area contributed by atoms with E-state index in [1.807, 2.05) is 7.05 Å². The Kier molecular flexibility index (Phi) is 5.53. The number of rotatable bonds is 7. The number of ether oxygens (including phenoxy) is 1. The molecule has 0 aliphatic heterocycles. The molecule has 0 radical (unpaired) electrons. The Morgan fingerprint density at radius 3 is 2.67 bits per heavy atom. The van der Waals surface area contributed by atoms with Gasteiger partial charge in [0.05, 0.1) is 5.39 Å². The summed E-state index contributed by atoms with van der Waals surface area (Å²) in [5.74, 6) is 2.40. The molecule has 2 aromatic heterocycles. The zero-order chi connectivity index (χ0) is 15.4. The molecule has 0 fully saturated rings. The molecule has 0 aliphatic carbocycles. The summed E-state index contributed by atoms with van der Waals surface area (Å²) in [6.07, 6.45) is 2.29. The van der Waals surface area contributed by atoms with E-state index < -0.39 is 0 Å². The van der Waals surface area contributed by atoms with Gasteiger partial charge in [-0.3, -0.25) is 0 Å². The first kappa shape index (κ1) is 16.2. The summed E-state index contributed by atoms with van der Waals surface area (Å²) in [4.78, 5) is 11.6. The first-order chi connectivity index (χ1) is 10.0. The average molecular weight is 307 g/mol. The molecule has 0 saturated carbocycles. The maximum atomic E-state index is 5.71. The van der Waals surface area contributed by atoms with E-state index in [9.17, 15) is 0 Å². The molecule has 116 valence electrons. The smallest absolute Gasteiger partial charge is 0.158 e. The molecule has 2 heterocycles. The fraction of sp³-hybridized carbons (Fsp3) is 0.625. The van der Waals surface area contributed by atoms with Crippen molar-refractivity contribution < 1.29 is 4.74 Å². The highest BCUT2D eigenvalue weighted by Gasteiger charge is 2.13. The third-order valence-corrected chi connectivity index (χ3v) is 4.71. The number of aromatic nitrogens is 2. The van der Waals surface area contributed by atoms with Gasteiger partial charge in [-0.1, -0.05) is 13.8 Å². The number of anilines is 1. The van der Waals surface area contributed by atoms with Crippen molar-refractivity contribution in [2.45, 2.75) is 47.1 Å². The first-order valence-corrected chi connectivity index (χ1v) is 8.36. The van der Waals surface area contributed by atoms with Crippen molar-refractivity contribution in [2.75, 3.05) is 19.0 Å². The number of thiophene rings is 1. The summed E-state index contributed by atoms with van der Waals surface area (Å²) in [5, 5.41) is 4.32. The molecule has 0 saturated heterocycles. The van der Waals surface area contributed by atoms with Crippen molar-refractivity contribution in [3.63, 3.8) is 0 Å². The van der Waals surface area contributed by atoms with Crippen molar-refractivity contribution in [3.05, 3.63) is 16.3 Å². The Morgan fingerprint density at radius 2 is 2.00 bits per heavy atom. The van der Waals surface area contributed by atoms with E-state index in [4.69, 9.17) is 4.74 Å². The van der Waals surface area contributed by atoms with Crippen LogP contribution < -0.4 is 5.32 Å². The van der Waals surface area contributed by atoms with Crippen molar-refractivity contribution in [1.82, 2.24) is 9.97 Å². The highest BCUT2D eigenvalue weighted by atomic mass is 32.1. The lowest BCUT2D eigenvalue weighted by Gasteiger charge is -2.08. The van der Waals surface area contributed by atoms with Crippen LogP contribution in [0, 0.1) is 19.8 Å². The van der Waals surface area contributed by atoms with Crippen LogP contribution in [0.1, 0.15) is 43.0 Å². The van der Waals surface area contributed by atoms with Gasteiger partial charge in [-0.2, -0.15) is 0 Å². The molecule has 1 N–H and O–H groups in total. The molecule has 0 bridgehead atoms. The van der Waals surface area contributed by atoms with E-state index in [1.54, 1.807) is 11.3 Å². The van der Waals surface area contributed by atoms with Crippen LogP contribution in [0.4, 0.5) is 5.82 Å². The minimum absolute atomic E-state index is 0.485. The van der Waals surface area contributed by atoms with Gasteiger partial charge >= 0.3 is 0 Å². The average Bonchev–Trinajstić information content (AvgIpc) is 2.72. The van der Waals surface area contributed by atoms with Gasteiger partial charge < -0.3 is 10.1 Å². The maximum Gasteiger partial charge on any atom is 0.158 e. The fourth-order valence-electron chi connectivity index (χ4n) is 2.30. The van der Waals surface area contributed by atoms with Crippen LogP contribution >= 0.6 is 11.3 Å². The van der Waals surface area contributed by atoms with Gasteiger partial charge in [0.25, 0.3) is 0 Å². The molecule has 2 rings (SSSR count). The standard InChI is InChI=1S/C16H25N3OS/c1-10(2)7-6-8-20-9-13-18-15(17-5)14-11(3)12(4)21-16(14)19-13/h10H,6-9H2,1-5H3,(H,17,18,19). The molecule has 0 aliphatic rings. The summed E-state index contributed by atoms with van der Waals surface area (Å²) in [6.45, 7) is 9.98. The van der Waals surface area contributed by atoms with Gasteiger partial charge in [-0.15, -0.1) is 11.3 Å². The Balaban J connectivity index is 2.07. The molecule has 2 aromatic rings. The second-order valence-electron chi connectivity index (χ2n) is 5.79. The van der Waals surface area contributed by atoms with Crippen molar-refractivity contribution in [2.24, 2.45) is 5.92 Å². The highest BCUT2D eigenvalue weighted by molar-refractivity contribution is 7.18. The summed E-state index contributed by atoms with van der Waals surface area (Å²) < 4.78 is 5.71. The number of fused-ring (bicyclic) bond motifs is 1. The second-order valence-corrected chi connectivity index (χ2v) is 6.99. The molecule has 0 aromatic carbocycles. The molecule has 0 spiro atoms. The number of hydrogen-bond donors (Lipinski definition) is 1. The van der Waals surface area contributed by atoms with E-state index in [-0.39, 0.29) is 0 Å². The number of aryl methyl sites for hydroxylation is 2. The molecule has 21 heavy (non-hydrogen) atoms. The summed E-state index contributed by atoms with van der Waals surface area (Å²) in [5.41, 5.74) is 1.27. The predicted octanol–water partition coefficient (Wildman–Crippen LogP) is 4.30. The largest absolute Gasteiger partial charge is 0.373 e. The molecular weight excluding hydrogens is 282 g/mol. The van der Waals surface area contributed by atoms with Crippen molar-refractivity contribution in [1.29, 1.82) is 0 Å². The summed E-state index contributed by atoms with van der Waals surface area (Å²) >= 11 is 1.72. The summed E-state index contributed by atoms with van der Waals surface area (Å²) in [7, 11) is 1.90. The number of nitrogens with one attached hydrogen (secondary N) is 1. The number of nitrogens with zero attached hydrogens (tertiary/aromatic N) is 2. The minimum Gasteiger partial charge on any atom is -0.373 e. The van der Waals surface area contributed by atoms with Crippen LogP contribution in [0.3, 0.4) is 0 Å². The monoisotopic (exact) mass is 307 g/mol. The van der Waals surface area contributed by atoms with Gasteiger partial charge in [0, 0.05) is 18.5 Å². The normalized spacial score (nSPS) is 11.5. The molecule has 0 unspecified atom stereocenters. The van der Waals surface area contributed by atoms with Crippen molar-refractivity contribution in [3.8, 4) is 0 Å². The quantitative estimate of drug-likeness (QED) is 0.775. The van der Waals surface area contributed by atoms with E-state index in [0.29, 0.717) is 6.61 Å². The Labute approximate surface area is 131 Å². The van der Waals surface area contributed by atoms with Crippen LogP contribution in [0.25, 0.3) is 10.2 Å². The van der Waals surface area contributed by atoms with Crippen LogP contribution in [-0.2, 0) is 11.3 Å². The van der Waals surface area contributed by atoms with Gasteiger partial charge in [0.2, 0.25) is 0 Å². The van der Waals surface area contributed by atoms with Gasteiger partial charge in [-0.05, 0) is 38.2 Å². The molecule has 0 amide bonds. The van der Waals surface area contributed by atoms with E-state index in [0.717, 1.165) is 40.8 Å². The SMILES string of the molecule is CNc1nc(COCCCC(C)C)nc2sc(C)c(C)c12. The predicted molar refractivity (Wildman–Crippen MR) is 90.2 cm³/mol. The van der Waals surface area contributed by atoms with Crippen LogP contribution in [0.5, 0.6) is 0 Å². The lowest BCUT2D eigenvalue weighted by atomic mass is 10.1. The third kappa shape index (κ3) is 3.92. The molecule has 0 atom stereocenters. The second kappa shape index (κ2) is 7.18. The lowest BCUT2D eigenvalue weighted by molar-refractivity contribution is 0.110. The summed E-state index contributed by atoms with van der Waals surface area (Å²) in [6, 6.07) is 0. The molecule has 4 nitrogen and oxygen atoms in total. The Hall–Kier alpha value is -1.20. The van der Waals surface area contributed by atoms with E-state index >= 15 is 0 Å². The minimum atomic E-state index is 0.485. The highest BCUT2D eigenvalue weighted by Crippen LogP contribution is 2.33. The first-order valence-electron chi connectivity index (χ1n) is 7.55. The zero-order valence-corrected chi connectivity index (χ0v) is 14.4. The van der Waals surface area contributed by atoms with Crippen LogP contribution in [-0.4, -0.2) is 23.6 Å². The zero-order valence-electron chi connectivity index (χ0n) is 13.6. The fourth-order valence-corrected chi connectivity index (χ4v) is 3.34. The van der Waals surface area contributed by atoms with Crippen LogP contribution in [0.15, 0.2) is 0 Å². The number of hydrogen-bond acceptors (Lipinski definition) is 5. The Bertz CT molecular complexity index is 607. The lowest BCUT2D eigenvalue weighted by Crippen LogP contribution is -2.04. The van der Waals surface area contributed by atoms with E-state index in [1.165, 1.54) is 16.9 Å². The van der Waals surface area contributed by atoms with E-state index in [2.05, 4.69) is 43.0 Å². The maximum absolute atomic E-state index is 5.71. The third-order valence-electron chi connectivity index (χ3n) is 3.61. The molecular formula is C16H25N3OS. The van der Waals surface area contributed by atoms with Gasteiger partial charge in [-0.25, -0.2) is 9.97 Å². The van der Waals surface area contributed by atoms with Crippen LogP contribution in [0.2, 0.25) is 0 Å². The van der Waals surface area contributed by atoms with Gasteiger partial charge in [0.15, 0.2) is 5.82 Å². The topological polar surface area (TPSA) is 47.0 Å². The van der Waals surface area contributed by atoms with Gasteiger partial charge in [0.1, 0.15) is 17.3 Å². The van der Waals surface area contributed by atoms with Crippen molar-refractivity contribution >= 4 is 27.4 Å². The molecule has 5 heteroatoms. The Morgan fingerprint density at radius 1 is 1.24 bits per heavy atom.